The van der Waals surface area contributed by atoms with Gasteiger partial charge >= 0.3 is 6.18 Å². The van der Waals surface area contributed by atoms with Gasteiger partial charge in [0.25, 0.3) is 0 Å². The fraction of sp³-hybridized carbons (Fsp3) is 0.500. The number of hydrogen-bond donors (Lipinski definition) is 1. The highest BCUT2D eigenvalue weighted by atomic mass is 35.5. The van der Waals surface area contributed by atoms with E-state index in [-0.39, 0.29) is 24.5 Å². The fourth-order valence-corrected chi connectivity index (χ4v) is 1.98. The zero-order chi connectivity index (χ0) is 15.9. The van der Waals surface area contributed by atoms with E-state index in [1.54, 1.807) is 0 Å². The SMILES string of the molecule is Cl.[2H]C1([2H])NCC2(c3ccc(C(F)(F)F)cc3)C([2H])([2H])C12[2H]. The quantitative estimate of drug-likeness (QED) is 0.826. The summed E-state index contributed by atoms with van der Waals surface area (Å²) in [6.07, 6.45) is -6.63. The minimum atomic E-state index is -4.49. The predicted octanol–water partition coefficient (Wildman–Crippen LogP) is 2.99. The van der Waals surface area contributed by atoms with Crippen molar-refractivity contribution in [3.05, 3.63) is 35.4 Å². The molecule has 17 heavy (non-hydrogen) atoms. The Morgan fingerprint density at radius 1 is 1.35 bits per heavy atom. The van der Waals surface area contributed by atoms with Crippen LogP contribution in [0.2, 0.25) is 0 Å². The topological polar surface area (TPSA) is 12.0 Å². The summed E-state index contributed by atoms with van der Waals surface area (Å²) >= 11 is 0. The van der Waals surface area contributed by atoms with Gasteiger partial charge in [0, 0.05) is 18.8 Å². The molecule has 1 aromatic carbocycles. The average Bonchev–Trinajstić information content (AvgIpc) is 2.63. The van der Waals surface area contributed by atoms with Crippen LogP contribution in [-0.2, 0) is 11.6 Å². The van der Waals surface area contributed by atoms with Gasteiger partial charge in [-0.3, -0.25) is 0 Å². The van der Waals surface area contributed by atoms with E-state index in [0.29, 0.717) is 0 Å². The number of rotatable bonds is 1. The van der Waals surface area contributed by atoms with Crippen molar-refractivity contribution in [3.8, 4) is 0 Å². The molecule has 0 amide bonds. The van der Waals surface area contributed by atoms with Crippen molar-refractivity contribution >= 4 is 12.4 Å². The number of alkyl halides is 3. The van der Waals surface area contributed by atoms with Gasteiger partial charge in [-0.25, -0.2) is 0 Å². The van der Waals surface area contributed by atoms with Crippen molar-refractivity contribution in [2.24, 2.45) is 5.89 Å². The van der Waals surface area contributed by atoms with Crippen LogP contribution >= 0.6 is 12.4 Å². The maximum Gasteiger partial charge on any atom is 0.416 e. The molecule has 2 fully saturated rings. The Bertz CT molecular complexity index is 606. The second-order valence-electron chi connectivity index (χ2n) is 3.96. The smallest absolute Gasteiger partial charge is 0.316 e. The summed E-state index contributed by atoms with van der Waals surface area (Å²) < 4.78 is 77.3. The first kappa shape index (κ1) is 7.64. The lowest BCUT2D eigenvalue weighted by Gasteiger charge is -2.13. The third kappa shape index (κ3) is 1.93. The summed E-state index contributed by atoms with van der Waals surface area (Å²) in [4.78, 5) is 0. The van der Waals surface area contributed by atoms with Gasteiger partial charge in [0.2, 0.25) is 0 Å². The van der Waals surface area contributed by atoms with E-state index in [2.05, 4.69) is 5.32 Å². The third-order valence-electron chi connectivity index (χ3n) is 2.97. The lowest BCUT2D eigenvalue weighted by atomic mass is 9.94. The molecule has 0 spiro atoms. The van der Waals surface area contributed by atoms with E-state index in [9.17, 15) is 13.2 Å². The first-order valence-electron chi connectivity index (χ1n) is 7.35. The van der Waals surface area contributed by atoms with Crippen molar-refractivity contribution in [2.75, 3.05) is 13.0 Å². The molecular formula is C12H13ClF3N. The van der Waals surface area contributed by atoms with Gasteiger partial charge in [-0.1, -0.05) is 12.1 Å². The summed E-state index contributed by atoms with van der Waals surface area (Å²) in [6.45, 7) is -2.36. The second kappa shape index (κ2) is 3.89. The fourth-order valence-electron chi connectivity index (χ4n) is 1.98. The number of nitrogens with one attached hydrogen (secondary N) is 1. The molecule has 1 heterocycles. The van der Waals surface area contributed by atoms with Crippen LogP contribution in [0.25, 0.3) is 0 Å². The number of halogens is 4. The van der Waals surface area contributed by atoms with Crippen LogP contribution in [0.4, 0.5) is 13.2 Å². The molecule has 1 aliphatic heterocycles. The lowest BCUT2D eigenvalue weighted by molar-refractivity contribution is -0.137. The van der Waals surface area contributed by atoms with Crippen molar-refractivity contribution in [3.63, 3.8) is 0 Å². The summed E-state index contributed by atoms with van der Waals surface area (Å²) in [6, 6.07) is 3.96. The molecule has 1 aliphatic carbocycles. The Kier molecular flexibility index (Phi) is 1.75. The molecule has 1 aromatic rings. The molecule has 1 N–H and O–H groups in total. The first-order chi connectivity index (χ1) is 9.42. The van der Waals surface area contributed by atoms with Gasteiger partial charge in [-0.05, 0) is 36.5 Å². The molecule has 3 rings (SSSR count). The van der Waals surface area contributed by atoms with Gasteiger partial charge < -0.3 is 5.32 Å². The highest BCUT2D eigenvalue weighted by Crippen LogP contribution is 2.56. The Hall–Kier alpha value is -0.740. The molecule has 5 heteroatoms. The van der Waals surface area contributed by atoms with E-state index in [1.807, 2.05) is 0 Å². The van der Waals surface area contributed by atoms with Gasteiger partial charge in [0.15, 0.2) is 0 Å². The zero-order valence-electron chi connectivity index (χ0n) is 13.6. The van der Waals surface area contributed by atoms with Gasteiger partial charge in [-0.15, -0.1) is 12.4 Å². The van der Waals surface area contributed by atoms with E-state index in [1.165, 1.54) is 0 Å². The Balaban J connectivity index is 0.00000176. The summed E-state index contributed by atoms with van der Waals surface area (Å²) in [5.41, 5.74) is -2.11. The summed E-state index contributed by atoms with van der Waals surface area (Å²) in [7, 11) is 0. The minimum absolute atomic E-state index is 0. The Morgan fingerprint density at radius 3 is 2.47 bits per heavy atom. The van der Waals surface area contributed by atoms with E-state index in [4.69, 9.17) is 6.85 Å². The number of fused-ring (bicyclic) bond motifs is 1. The van der Waals surface area contributed by atoms with Crippen molar-refractivity contribution < 1.29 is 20.0 Å². The standard InChI is InChI=1S/C12H12F3N.ClH/c13-12(14,15)9-3-1-8(2-4-9)11-5-10(11)6-16-7-11;/h1-4,10,16H,5-7H2;1H/i5D2,6D2,10D;. The molecule has 2 atom stereocenters. The van der Waals surface area contributed by atoms with Crippen molar-refractivity contribution in [1.29, 1.82) is 0 Å². The number of benzene rings is 1. The van der Waals surface area contributed by atoms with Crippen LogP contribution in [0.15, 0.2) is 24.3 Å². The highest BCUT2D eigenvalue weighted by molar-refractivity contribution is 5.85. The molecule has 1 saturated carbocycles. The Morgan fingerprint density at radius 2 is 2.00 bits per heavy atom. The monoisotopic (exact) mass is 268 g/mol. The van der Waals surface area contributed by atoms with Crippen LogP contribution < -0.4 is 5.32 Å². The normalized spacial score (nSPS) is 45.2. The van der Waals surface area contributed by atoms with Crippen molar-refractivity contribution in [1.82, 2.24) is 5.32 Å². The van der Waals surface area contributed by atoms with Crippen LogP contribution in [0.1, 0.15) is 24.4 Å². The summed E-state index contributed by atoms with van der Waals surface area (Å²) in [5.74, 6) is -2.05. The number of piperidine rings is 1. The molecule has 0 radical (unpaired) electrons. The lowest BCUT2D eigenvalue weighted by Crippen LogP contribution is -2.19. The second-order valence-corrected chi connectivity index (χ2v) is 3.96. The summed E-state index contributed by atoms with van der Waals surface area (Å²) in [5, 5.41) is 2.46. The van der Waals surface area contributed by atoms with Gasteiger partial charge in [0.05, 0.1) is 5.56 Å². The highest BCUT2D eigenvalue weighted by Gasteiger charge is 2.57. The van der Waals surface area contributed by atoms with Gasteiger partial charge in [0.1, 0.15) is 0 Å². The molecule has 1 saturated heterocycles. The average molecular weight is 269 g/mol. The Labute approximate surface area is 111 Å². The zero-order valence-corrected chi connectivity index (χ0v) is 9.38. The van der Waals surface area contributed by atoms with Crippen molar-refractivity contribution in [2.45, 2.75) is 18.0 Å². The van der Waals surface area contributed by atoms with Gasteiger partial charge in [-0.2, -0.15) is 13.2 Å². The predicted molar refractivity (Wildman–Crippen MR) is 61.3 cm³/mol. The molecular weight excluding hydrogens is 251 g/mol. The molecule has 0 aromatic heterocycles. The van der Waals surface area contributed by atoms with Crippen LogP contribution in [0, 0.1) is 5.89 Å². The third-order valence-corrected chi connectivity index (χ3v) is 2.97. The molecule has 1 nitrogen and oxygen atoms in total. The molecule has 2 unspecified atom stereocenters. The van der Waals surface area contributed by atoms with E-state index >= 15 is 0 Å². The maximum absolute atomic E-state index is 12.6. The maximum atomic E-state index is 12.6. The molecule has 2 aliphatic rings. The number of hydrogen-bond acceptors (Lipinski definition) is 1. The largest absolute Gasteiger partial charge is 0.416 e. The molecule has 0 bridgehead atoms. The van der Waals surface area contributed by atoms with E-state index < -0.39 is 35.9 Å². The van der Waals surface area contributed by atoms with Crippen LogP contribution in [0.5, 0.6) is 0 Å². The van der Waals surface area contributed by atoms with Crippen LogP contribution in [0.3, 0.4) is 0 Å². The van der Waals surface area contributed by atoms with Crippen LogP contribution in [-0.4, -0.2) is 13.0 Å². The first-order valence-corrected chi connectivity index (χ1v) is 4.85. The minimum Gasteiger partial charge on any atom is -0.316 e. The molecule has 94 valence electrons. The van der Waals surface area contributed by atoms with E-state index in [0.717, 1.165) is 24.3 Å².